The van der Waals surface area contributed by atoms with E-state index in [0.29, 0.717) is 23.1 Å². The first-order valence-corrected chi connectivity index (χ1v) is 6.95. The maximum Gasteiger partial charge on any atom is 0.244 e. The number of carbonyl (C=O) groups is 1. The first-order valence-electron chi connectivity index (χ1n) is 6.58. The molecule has 3 N–H and O–H groups in total. The summed E-state index contributed by atoms with van der Waals surface area (Å²) in [6.45, 7) is 2.65. The Bertz CT molecular complexity index is 476. The van der Waals surface area contributed by atoms with Crippen LogP contribution in [0.3, 0.4) is 0 Å². The summed E-state index contributed by atoms with van der Waals surface area (Å²) in [6.07, 6.45) is 3.41. The number of hydrogen-bond donors (Lipinski definition) is 2. The van der Waals surface area contributed by atoms with Gasteiger partial charge in [0.25, 0.3) is 0 Å². The first-order chi connectivity index (χ1) is 9.05. The van der Waals surface area contributed by atoms with Gasteiger partial charge in [0.05, 0.1) is 17.2 Å². The van der Waals surface area contributed by atoms with Crippen LogP contribution in [-0.4, -0.2) is 18.1 Å². The lowest BCUT2D eigenvalue weighted by Gasteiger charge is -2.36. The second kappa shape index (κ2) is 7.16. The average molecular weight is 319 g/mol. The van der Waals surface area contributed by atoms with Crippen molar-refractivity contribution in [3.05, 3.63) is 23.2 Å². The van der Waals surface area contributed by atoms with E-state index in [4.69, 9.17) is 22.1 Å². The molecule has 0 aromatic heterocycles. The van der Waals surface area contributed by atoms with Crippen molar-refractivity contribution in [3.63, 3.8) is 0 Å². The van der Waals surface area contributed by atoms with Crippen molar-refractivity contribution < 1.29 is 9.53 Å². The molecule has 112 valence electrons. The molecule has 0 bridgehead atoms. The second-order valence-electron chi connectivity index (χ2n) is 4.96. The molecule has 6 heteroatoms. The van der Waals surface area contributed by atoms with Gasteiger partial charge in [0, 0.05) is 5.69 Å². The third-order valence-electron chi connectivity index (χ3n) is 3.35. The van der Waals surface area contributed by atoms with Crippen molar-refractivity contribution in [3.8, 4) is 5.75 Å². The van der Waals surface area contributed by atoms with E-state index in [2.05, 4.69) is 5.32 Å². The molecule has 20 heavy (non-hydrogen) atoms. The zero-order valence-corrected chi connectivity index (χ0v) is 13.0. The molecule has 1 amide bonds. The number of rotatable bonds is 5. The van der Waals surface area contributed by atoms with Crippen molar-refractivity contribution in [2.75, 3.05) is 11.9 Å². The fraction of sp³-hybridized carbons (Fsp3) is 0.500. The summed E-state index contributed by atoms with van der Waals surface area (Å²) >= 11 is 6.10. The Labute approximate surface area is 130 Å². The molecule has 1 aliphatic rings. The number of nitrogens with one attached hydrogen (secondary N) is 1. The molecule has 0 spiro atoms. The van der Waals surface area contributed by atoms with E-state index >= 15 is 0 Å². The molecule has 0 atom stereocenters. The molecule has 2 rings (SSSR count). The van der Waals surface area contributed by atoms with Crippen LogP contribution in [0.4, 0.5) is 5.69 Å². The van der Waals surface area contributed by atoms with Gasteiger partial charge in [-0.1, -0.05) is 18.5 Å². The summed E-state index contributed by atoms with van der Waals surface area (Å²) in [4.78, 5) is 12.0. The van der Waals surface area contributed by atoms with Crippen LogP contribution in [0.5, 0.6) is 5.75 Å². The van der Waals surface area contributed by atoms with Crippen molar-refractivity contribution >= 4 is 35.6 Å². The van der Waals surface area contributed by atoms with Crippen LogP contribution in [0.25, 0.3) is 0 Å². The Balaban J connectivity index is 0.00000200. The van der Waals surface area contributed by atoms with Crippen LogP contribution in [0.15, 0.2) is 18.2 Å². The van der Waals surface area contributed by atoms with Gasteiger partial charge in [0.15, 0.2) is 0 Å². The van der Waals surface area contributed by atoms with Gasteiger partial charge in [-0.15, -0.1) is 12.4 Å². The van der Waals surface area contributed by atoms with E-state index in [9.17, 15) is 4.79 Å². The number of benzene rings is 1. The normalized spacial score (nSPS) is 15.8. The molecule has 1 fully saturated rings. The highest BCUT2D eigenvalue weighted by Gasteiger charge is 2.40. The highest BCUT2D eigenvalue weighted by Crippen LogP contribution is 2.32. The van der Waals surface area contributed by atoms with Crippen LogP contribution in [0.1, 0.15) is 32.6 Å². The van der Waals surface area contributed by atoms with E-state index < -0.39 is 5.54 Å². The molecular weight excluding hydrogens is 299 g/mol. The van der Waals surface area contributed by atoms with Crippen LogP contribution >= 0.6 is 24.0 Å². The topological polar surface area (TPSA) is 64.3 Å². The van der Waals surface area contributed by atoms with Gasteiger partial charge in [0.1, 0.15) is 5.75 Å². The Morgan fingerprint density at radius 2 is 2.20 bits per heavy atom. The lowest BCUT2D eigenvalue weighted by molar-refractivity contribution is -0.123. The third kappa shape index (κ3) is 3.78. The van der Waals surface area contributed by atoms with Crippen LogP contribution in [-0.2, 0) is 4.79 Å². The minimum atomic E-state index is -0.705. The summed E-state index contributed by atoms with van der Waals surface area (Å²) in [6, 6.07) is 5.22. The monoisotopic (exact) mass is 318 g/mol. The summed E-state index contributed by atoms with van der Waals surface area (Å²) in [5.74, 6) is 0.490. The van der Waals surface area contributed by atoms with E-state index in [-0.39, 0.29) is 18.3 Å². The van der Waals surface area contributed by atoms with E-state index in [0.717, 1.165) is 25.7 Å². The van der Waals surface area contributed by atoms with Crippen LogP contribution in [0.2, 0.25) is 5.02 Å². The molecule has 1 aromatic rings. The number of anilines is 1. The molecule has 0 unspecified atom stereocenters. The van der Waals surface area contributed by atoms with Gasteiger partial charge in [-0.05, 0) is 43.9 Å². The minimum absolute atomic E-state index is 0. The number of ether oxygens (including phenoxy) is 1. The standard InChI is InChI=1S/C14H19ClN2O2.ClH/c1-2-8-19-12-5-4-10(9-11(12)15)17-13(18)14(16)6-3-7-14;/h4-5,9H,2-3,6-8,16H2,1H3,(H,17,18);1H. The van der Waals surface area contributed by atoms with E-state index in [1.807, 2.05) is 6.92 Å². The molecule has 0 radical (unpaired) electrons. The van der Waals surface area contributed by atoms with Gasteiger partial charge in [0.2, 0.25) is 5.91 Å². The lowest BCUT2D eigenvalue weighted by Crippen LogP contribution is -2.56. The van der Waals surface area contributed by atoms with Crippen LogP contribution in [0, 0.1) is 0 Å². The maximum atomic E-state index is 12.0. The molecule has 1 saturated carbocycles. The van der Waals surface area contributed by atoms with E-state index in [1.165, 1.54) is 0 Å². The summed E-state index contributed by atoms with van der Waals surface area (Å²) in [7, 11) is 0. The molecular formula is C14H20Cl2N2O2. The molecule has 0 saturated heterocycles. The van der Waals surface area contributed by atoms with Crippen molar-refractivity contribution in [2.24, 2.45) is 5.73 Å². The van der Waals surface area contributed by atoms with Gasteiger partial charge in [-0.25, -0.2) is 0 Å². The Morgan fingerprint density at radius 1 is 1.50 bits per heavy atom. The fourth-order valence-corrected chi connectivity index (χ4v) is 2.18. The predicted octanol–water partition coefficient (Wildman–Crippen LogP) is 3.37. The number of halogens is 2. The van der Waals surface area contributed by atoms with Gasteiger partial charge < -0.3 is 15.8 Å². The first kappa shape index (κ1) is 17.1. The number of nitrogens with two attached hydrogens (primary N) is 1. The van der Waals surface area contributed by atoms with Crippen molar-refractivity contribution in [1.82, 2.24) is 0 Å². The predicted molar refractivity (Wildman–Crippen MR) is 83.9 cm³/mol. The second-order valence-corrected chi connectivity index (χ2v) is 5.36. The zero-order chi connectivity index (χ0) is 13.9. The van der Waals surface area contributed by atoms with Gasteiger partial charge in [-0.2, -0.15) is 0 Å². The maximum absolute atomic E-state index is 12.0. The molecule has 1 aromatic carbocycles. The Kier molecular flexibility index (Phi) is 6.11. The molecule has 0 aliphatic heterocycles. The Hall–Kier alpha value is -0.970. The van der Waals surface area contributed by atoms with Crippen LogP contribution < -0.4 is 15.8 Å². The number of carbonyl (C=O) groups excluding carboxylic acids is 1. The lowest BCUT2D eigenvalue weighted by atomic mass is 9.77. The molecule has 4 nitrogen and oxygen atoms in total. The minimum Gasteiger partial charge on any atom is -0.492 e. The quantitative estimate of drug-likeness (QED) is 0.874. The Morgan fingerprint density at radius 3 is 2.70 bits per heavy atom. The SMILES string of the molecule is CCCOc1ccc(NC(=O)C2(N)CCC2)cc1Cl.Cl. The highest BCUT2D eigenvalue weighted by atomic mass is 35.5. The summed E-state index contributed by atoms with van der Waals surface area (Å²) in [5.41, 5.74) is 5.90. The smallest absolute Gasteiger partial charge is 0.244 e. The van der Waals surface area contributed by atoms with Crippen molar-refractivity contribution in [1.29, 1.82) is 0 Å². The number of amides is 1. The van der Waals surface area contributed by atoms with Gasteiger partial charge in [-0.3, -0.25) is 4.79 Å². The molecule has 0 heterocycles. The largest absolute Gasteiger partial charge is 0.492 e. The highest BCUT2D eigenvalue weighted by molar-refractivity contribution is 6.32. The third-order valence-corrected chi connectivity index (χ3v) is 3.64. The van der Waals surface area contributed by atoms with Gasteiger partial charge >= 0.3 is 0 Å². The van der Waals surface area contributed by atoms with Crippen molar-refractivity contribution in [2.45, 2.75) is 38.1 Å². The molecule has 1 aliphatic carbocycles. The average Bonchev–Trinajstić information content (AvgIpc) is 2.35. The fourth-order valence-electron chi connectivity index (χ4n) is 1.95. The summed E-state index contributed by atoms with van der Waals surface area (Å²) in [5, 5.41) is 3.30. The summed E-state index contributed by atoms with van der Waals surface area (Å²) < 4.78 is 5.48. The number of hydrogen-bond acceptors (Lipinski definition) is 3. The van der Waals surface area contributed by atoms with E-state index in [1.54, 1.807) is 18.2 Å². The zero-order valence-electron chi connectivity index (χ0n) is 11.4.